The largest absolute Gasteiger partial charge is 0.399 e. The molecule has 27 heavy (non-hydrogen) atoms. The zero-order valence-corrected chi connectivity index (χ0v) is 14.9. The van der Waals surface area contributed by atoms with Crippen LogP contribution in [0, 0.1) is 0 Å². The monoisotopic (exact) mass is 357 g/mol. The van der Waals surface area contributed by atoms with Gasteiger partial charge < -0.3 is 15.6 Å². The molecule has 0 aliphatic rings. The van der Waals surface area contributed by atoms with E-state index in [2.05, 4.69) is 15.3 Å². The Balaban J connectivity index is 1.55. The Morgan fingerprint density at radius 1 is 1.00 bits per heavy atom. The lowest BCUT2D eigenvalue weighted by Crippen LogP contribution is -2.15. The van der Waals surface area contributed by atoms with Crippen molar-refractivity contribution >= 4 is 28.1 Å². The first-order chi connectivity index (χ1) is 13.1. The molecular formula is C21H19N5O. The highest BCUT2D eigenvalue weighted by Crippen LogP contribution is 2.25. The summed E-state index contributed by atoms with van der Waals surface area (Å²) in [4.78, 5) is 20.4. The number of hydrogen-bond donors (Lipinski definition) is 2. The number of pyridine rings is 1. The number of benzene rings is 2. The second kappa shape index (κ2) is 6.92. The summed E-state index contributed by atoms with van der Waals surface area (Å²) in [5, 5.41) is 4.20. The Morgan fingerprint density at radius 3 is 2.59 bits per heavy atom. The van der Waals surface area contributed by atoms with Gasteiger partial charge >= 0.3 is 0 Å². The average molecular weight is 357 g/mol. The first-order valence-electron chi connectivity index (χ1n) is 8.60. The maximum Gasteiger partial charge on any atom is 0.250 e. The van der Waals surface area contributed by atoms with E-state index in [-0.39, 0.29) is 5.56 Å². The standard InChI is InChI=1S/C21H19N5O/c1-26-9-8-15(11-20(26)27)10-14-2-5-17(6-3-14)25-21-18-12-16(22)4-7-19(18)23-13-24-21/h2-9,11-13H,10,22H2,1H3,(H,23,24,25). The minimum absolute atomic E-state index is 0.000648. The van der Waals surface area contributed by atoms with Crippen molar-refractivity contribution in [2.45, 2.75) is 6.42 Å². The Hall–Kier alpha value is -3.67. The number of nitrogens with one attached hydrogen (secondary N) is 1. The van der Waals surface area contributed by atoms with Gasteiger partial charge in [0.15, 0.2) is 0 Å². The maximum atomic E-state index is 11.8. The summed E-state index contributed by atoms with van der Waals surface area (Å²) in [7, 11) is 1.75. The molecule has 2 heterocycles. The van der Waals surface area contributed by atoms with Crippen LogP contribution in [0.2, 0.25) is 0 Å². The van der Waals surface area contributed by atoms with E-state index in [1.54, 1.807) is 23.9 Å². The number of aromatic nitrogens is 3. The predicted octanol–water partition coefficient (Wildman–Crippen LogP) is 3.25. The highest BCUT2D eigenvalue weighted by Gasteiger charge is 2.05. The van der Waals surface area contributed by atoms with Crippen molar-refractivity contribution in [3.8, 4) is 0 Å². The minimum Gasteiger partial charge on any atom is -0.399 e. The molecule has 0 aliphatic carbocycles. The van der Waals surface area contributed by atoms with Gasteiger partial charge in [0.2, 0.25) is 0 Å². The van der Waals surface area contributed by atoms with E-state index in [1.165, 1.54) is 6.33 Å². The third kappa shape index (κ3) is 3.64. The molecular weight excluding hydrogens is 338 g/mol. The fourth-order valence-electron chi connectivity index (χ4n) is 2.95. The number of fused-ring (bicyclic) bond motifs is 1. The Kier molecular flexibility index (Phi) is 4.30. The van der Waals surface area contributed by atoms with Crippen LogP contribution in [0.15, 0.2) is 71.9 Å². The van der Waals surface area contributed by atoms with Crippen LogP contribution in [0.3, 0.4) is 0 Å². The van der Waals surface area contributed by atoms with Gasteiger partial charge in [-0.15, -0.1) is 0 Å². The van der Waals surface area contributed by atoms with Crippen LogP contribution >= 0.6 is 0 Å². The molecule has 0 atom stereocenters. The summed E-state index contributed by atoms with van der Waals surface area (Å²) in [6, 6.07) is 17.3. The molecule has 3 N–H and O–H groups in total. The van der Waals surface area contributed by atoms with Crippen molar-refractivity contribution in [2.75, 3.05) is 11.1 Å². The molecule has 6 heteroatoms. The number of nitrogen functional groups attached to an aromatic ring is 1. The molecule has 2 aromatic carbocycles. The van der Waals surface area contributed by atoms with Gasteiger partial charge in [0.05, 0.1) is 5.52 Å². The fraction of sp³-hybridized carbons (Fsp3) is 0.0952. The van der Waals surface area contributed by atoms with Crippen molar-refractivity contribution < 1.29 is 0 Å². The van der Waals surface area contributed by atoms with Crippen LogP contribution in [0.4, 0.5) is 17.2 Å². The number of hydrogen-bond acceptors (Lipinski definition) is 5. The summed E-state index contributed by atoms with van der Waals surface area (Å²) in [5.74, 6) is 0.714. The highest BCUT2D eigenvalue weighted by molar-refractivity contribution is 5.92. The molecule has 4 rings (SSSR count). The van der Waals surface area contributed by atoms with E-state index in [0.717, 1.165) is 27.7 Å². The Labute approximate surface area is 156 Å². The first-order valence-corrected chi connectivity index (χ1v) is 8.60. The molecule has 0 fully saturated rings. The van der Waals surface area contributed by atoms with E-state index in [9.17, 15) is 4.79 Å². The van der Waals surface area contributed by atoms with Crippen molar-refractivity contribution in [3.05, 3.63) is 88.6 Å². The molecule has 0 spiro atoms. The van der Waals surface area contributed by atoms with Gasteiger partial charge in [-0.1, -0.05) is 12.1 Å². The minimum atomic E-state index is 0.000648. The van der Waals surface area contributed by atoms with Crippen LogP contribution < -0.4 is 16.6 Å². The number of nitrogens with zero attached hydrogens (tertiary/aromatic N) is 3. The quantitative estimate of drug-likeness (QED) is 0.548. The zero-order valence-electron chi connectivity index (χ0n) is 14.9. The third-order valence-electron chi connectivity index (χ3n) is 4.45. The van der Waals surface area contributed by atoms with Gasteiger partial charge in [0.1, 0.15) is 12.1 Å². The second-order valence-corrected chi connectivity index (χ2v) is 6.48. The Bertz CT molecular complexity index is 1170. The van der Waals surface area contributed by atoms with Crippen molar-refractivity contribution in [1.82, 2.24) is 14.5 Å². The van der Waals surface area contributed by atoms with E-state index >= 15 is 0 Å². The van der Waals surface area contributed by atoms with Crippen LogP contribution in [-0.4, -0.2) is 14.5 Å². The summed E-state index contributed by atoms with van der Waals surface area (Å²) in [6.45, 7) is 0. The summed E-state index contributed by atoms with van der Waals surface area (Å²) >= 11 is 0. The third-order valence-corrected chi connectivity index (χ3v) is 4.45. The van der Waals surface area contributed by atoms with E-state index in [1.807, 2.05) is 48.5 Å². The molecule has 6 nitrogen and oxygen atoms in total. The summed E-state index contributed by atoms with van der Waals surface area (Å²) in [6.07, 6.45) is 4.04. The smallest absolute Gasteiger partial charge is 0.250 e. The maximum absolute atomic E-state index is 11.8. The second-order valence-electron chi connectivity index (χ2n) is 6.48. The van der Waals surface area contributed by atoms with Gasteiger partial charge in [-0.05, 0) is 53.9 Å². The van der Waals surface area contributed by atoms with Gasteiger partial charge in [-0.2, -0.15) is 0 Å². The van der Waals surface area contributed by atoms with E-state index in [0.29, 0.717) is 17.9 Å². The van der Waals surface area contributed by atoms with Crippen molar-refractivity contribution in [2.24, 2.45) is 7.05 Å². The fourth-order valence-corrected chi connectivity index (χ4v) is 2.95. The molecule has 4 aromatic rings. The van der Waals surface area contributed by atoms with Crippen LogP contribution in [0.5, 0.6) is 0 Å². The molecule has 0 aliphatic heterocycles. The SMILES string of the molecule is Cn1ccc(Cc2ccc(Nc3ncnc4ccc(N)cc34)cc2)cc1=O. The van der Waals surface area contributed by atoms with Gasteiger partial charge in [0.25, 0.3) is 5.56 Å². The van der Waals surface area contributed by atoms with Crippen molar-refractivity contribution in [3.63, 3.8) is 0 Å². The lowest BCUT2D eigenvalue weighted by molar-refractivity contribution is 0.852. The summed E-state index contributed by atoms with van der Waals surface area (Å²) in [5.41, 5.74) is 10.4. The van der Waals surface area contributed by atoms with Crippen LogP contribution in [0.1, 0.15) is 11.1 Å². The molecule has 0 unspecified atom stereocenters. The van der Waals surface area contributed by atoms with Gasteiger partial charge in [-0.3, -0.25) is 4.79 Å². The van der Waals surface area contributed by atoms with E-state index < -0.39 is 0 Å². The molecule has 0 bridgehead atoms. The lowest BCUT2D eigenvalue weighted by atomic mass is 10.1. The highest BCUT2D eigenvalue weighted by atomic mass is 16.1. The topological polar surface area (TPSA) is 85.8 Å². The Morgan fingerprint density at radius 2 is 1.81 bits per heavy atom. The number of anilines is 3. The molecule has 0 amide bonds. The molecule has 134 valence electrons. The zero-order chi connectivity index (χ0) is 18.8. The average Bonchev–Trinajstić information content (AvgIpc) is 2.67. The first kappa shape index (κ1) is 16.8. The number of nitrogens with two attached hydrogens (primary N) is 1. The van der Waals surface area contributed by atoms with E-state index in [4.69, 9.17) is 5.73 Å². The molecule has 0 saturated carbocycles. The number of rotatable bonds is 4. The van der Waals surface area contributed by atoms with Crippen LogP contribution in [0.25, 0.3) is 10.9 Å². The summed E-state index contributed by atoms with van der Waals surface area (Å²) < 4.78 is 1.56. The van der Waals surface area contributed by atoms with Gasteiger partial charge in [-0.25, -0.2) is 9.97 Å². The van der Waals surface area contributed by atoms with Gasteiger partial charge in [0, 0.05) is 36.1 Å². The number of aryl methyl sites for hydroxylation is 1. The lowest BCUT2D eigenvalue weighted by Gasteiger charge is -2.10. The normalized spacial score (nSPS) is 10.9. The molecule has 0 saturated heterocycles. The van der Waals surface area contributed by atoms with Crippen LogP contribution in [-0.2, 0) is 13.5 Å². The predicted molar refractivity (Wildman–Crippen MR) is 108 cm³/mol. The molecule has 0 radical (unpaired) electrons. The van der Waals surface area contributed by atoms with Crippen molar-refractivity contribution in [1.29, 1.82) is 0 Å². The molecule has 2 aromatic heterocycles.